The molecular formula is C18H36O2. The molecule has 120 valence electrons. The van der Waals surface area contributed by atoms with Crippen LogP contribution in [0.5, 0.6) is 0 Å². The van der Waals surface area contributed by atoms with Crippen molar-refractivity contribution in [2.75, 3.05) is 7.11 Å². The van der Waals surface area contributed by atoms with E-state index in [-0.39, 0.29) is 5.97 Å². The Hall–Kier alpha value is -0.530. The Balaban J connectivity index is 3.17. The summed E-state index contributed by atoms with van der Waals surface area (Å²) in [6.45, 7) is 4.52. The molecule has 0 rings (SSSR count). The Kier molecular flexibility index (Phi) is 14.5. The highest BCUT2D eigenvalue weighted by atomic mass is 16.5. The van der Waals surface area contributed by atoms with Gasteiger partial charge in [-0.15, -0.1) is 0 Å². The highest BCUT2D eigenvalue weighted by Gasteiger charge is 2.06. The average molecular weight is 284 g/mol. The molecule has 0 saturated heterocycles. The van der Waals surface area contributed by atoms with Crippen LogP contribution in [0, 0.1) is 5.92 Å². The number of unbranched alkanes of at least 4 members (excludes halogenated alkanes) is 9. The topological polar surface area (TPSA) is 26.3 Å². The summed E-state index contributed by atoms with van der Waals surface area (Å²) < 4.78 is 4.67. The standard InChI is InChI=1S/C18H36O2/c1-4-5-6-7-8-9-10-11-12-13-14-17(2)15-16-18(19)20-3/h17H,4-16H2,1-3H3. The average Bonchev–Trinajstić information content (AvgIpc) is 2.46. The van der Waals surface area contributed by atoms with Gasteiger partial charge in [0, 0.05) is 6.42 Å². The Morgan fingerprint density at radius 3 is 1.85 bits per heavy atom. The zero-order chi connectivity index (χ0) is 15.1. The van der Waals surface area contributed by atoms with E-state index in [0.29, 0.717) is 12.3 Å². The van der Waals surface area contributed by atoms with Crippen LogP contribution in [0.3, 0.4) is 0 Å². The van der Waals surface area contributed by atoms with Gasteiger partial charge in [-0.2, -0.15) is 0 Å². The molecule has 0 aliphatic heterocycles. The first-order valence-corrected chi connectivity index (χ1v) is 8.77. The lowest BCUT2D eigenvalue weighted by Gasteiger charge is -2.10. The SMILES string of the molecule is CCCCCCCCCCCCC(C)CCC(=O)OC. The normalized spacial score (nSPS) is 12.3. The maximum Gasteiger partial charge on any atom is 0.305 e. The van der Waals surface area contributed by atoms with Gasteiger partial charge in [0.2, 0.25) is 0 Å². The largest absolute Gasteiger partial charge is 0.469 e. The molecule has 0 N–H and O–H groups in total. The highest BCUT2D eigenvalue weighted by molar-refractivity contribution is 5.69. The molecule has 20 heavy (non-hydrogen) atoms. The third-order valence-electron chi connectivity index (χ3n) is 4.12. The summed E-state index contributed by atoms with van der Waals surface area (Å²) in [5.41, 5.74) is 0. The molecule has 0 aromatic carbocycles. The molecule has 0 amide bonds. The Labute approximate surface area is 126 Å². The fourth-order valence-electron chi connectivity index (χ4n) is 2.59. The van der Waals surface area contributed by atoms with Crippen molar-refractivity contribution in [3.8, 4) is 0 Å². The fourth-order valence-corrected chi connectivity index (χ4v) is 2.59. The Morgan fingerprint density at radius 2 is 1.35 bits per heavy atom. The van der Waals surface area contributed by atoms with Crippen molar-refractivity contribution in [2.24, 2.45) is 5.92 Å². The summed E-state index contributed by atoms with van der Waals surface area (Å²) in [7, 11) is 1.47. The first-order chi connectivity index (χ1) is 9.70. The van der Waals surface area contributed by atoms with Crippen LogP contribution in [0.2, 0.25) is 0 Å². The van der Waals surface area contributed by atoms with Crippen LogP contribution in [0.25, 0.3) is 0 Å². The first-order valence-electron chi connectivity index (χ1n) is 8.77. The van der Waals surface area contributed by atoms with Crippen LogP contribution in [0.4, 0.5) is 0 Å². The third kappa shape index (κ3) is 13.9. The smallest absolute Gasteiger partial charge is 0.305 e. The molecule has 0 aromatic heterocycles. The molecule has 2 nitrogen and oxygen atoms in total. The summed E-state index contributed by atoms with van der Waals surface area (Å²) in [6, 6.07) is 0. The Morgan fingerprint density at radius 1 is 0.850 bits per heavy atom. The lowest BCUT2D eigenvalue weighted by Crippen LogP contribution is -2.04. The molecule has 0 heterocycles. The molecule has 0 aromatic rings. The van der Waals surface area contributed by atoms with Crippen molar-refractivity contribution in [3.05, 3.63) is 0 Å². The minimum Gasteiger partial charge on any atom is -0.469 e. The number of methoxy groups -OCH3 is 1. The molecular weight excluding hydrogens is 248 g/mol. The van der Waals surface area contributed by atoms with Gasteiger partial charge in [-0.1, -0.05) is 84.5 Å². The molecule has 0 fully saturated rings. The zero-order valence-corrected chi connectivity index (χ0v) is 14.1. The first kappa shape index (κ1) is 19.5. The summed E-state index contributed by atoms with van der Waals surface area (Å²) in [5, 5.41) is 0. The molecule has 0 spiro atoms. The predicted octanol–water partition coefficient (Wildman–Crippen LogP) is 5.89. The summed E-state index contributed by atoms with van der Waals surface area (Å²) in [4.78, 5) is 11.0. The van der Waals surface area contributed by atoms with E-state index in [1.165, 1.54) is 77.7 Å². The summed E-state index contributed by atoms with van der Waals surface area (Å²) in [5.74, 6) is 0.586. The van der Waals surface area contributed by atoms with Gasteiger partial charge in [0.15, 0.2) is 0 Å². The second kappa shape index (κ2) is 14.9. The maximum atomic E-state index is 11.0. The van der Waals surface area contributed by atoms with Crippen molar-refractivity contribution in [1.82, 2.24) is 0 Å². The zero-order valence-electron chi connectivity index (χ0n) is 14.1. The van der Waals surface area contributed by atoms with Gasteiger partial charge in [-0.05, 0) is 12.3 Å². The van der Waals surface area contributed by atoms with Crippen molar-refractivity contribution < 1.29 is 9.53 Å². The number of rotatable bonds is 14. The van der Waals surface area contributed by atoms with Crippen LogP contribution in [-0.4, -0.2) is 13.1 Å². The fraction of sp³-hybridized carbons (Fsp3) is 0.944. The molecule has 1 atom stereocenters. The quantitative estimate of drug-likeness (QED) is 0.294. The van der Waals surface area contributed by atoms with Gasteiger partial charge in [-0.25, -0.2) is 0 Å². The van der Waals surface area contributed by atoms with Gasteiger partial charge in [0.05, 0.1) is 7.11 Å². The second-order valence-corrected chi connectivity index (χ2v) is 6.19. The predicted molar refractivity (Wildman–Crippen MR) is 86.9 cm³/mol. The van der Waals surface area contributed by atoms with Crippen molar-refractivity contribution >= 4 is 5.97 Å². The van der Waals surface area contributed by atoms with Crippen LogP contribution in [-0.2, 0) is 9.53 Å². The minimum absolute atomic E-state index is 0.0695. The van der Waals surface area contributed by atoms with E-state index in [1.54, 1.807) is 0 Å². The number of carbonyl (C=O) groups excluding carboxylic acids is 1. The number of esters is 1. The van der Waals surface area contributed by atoms with Crippen LogP contribution in [0.15, 0.2) is 0 Å². The highest BCUT2D eigenvalue weighted by Crippen LogP contribution is 2.17. The Bertz CT molecular complexity index is 213. The van der Waals surface area contributed by atoms with E-state index in [2.05, 4.69) is 18.6 Å². The maximum absolute atomic E-state index is 11.0. The molecule has 1 unspecified atom stereocenters. The van der Waals surface area contributed by atoms with Crippen LogP contribution in [0.1, 0.15) is 97.3 Å². The van der Waals surface area contributed by atoms with E-state index in [4.69, 9.17) is 0 Å². The van der Waals surface area contributed by atoms with E-state index in [1.807, 2.05) is 0 Å². The molecule has 0 radical (unpaired) electrons. The number of ether oxygens (including phenoxy) is 1. The third-order valence-corrected chi connectivity index (χ3v) is 4.12. The van der Waals surface area contributed by atoms with Crippen molar-refractivity contribution in [1.29, 1.82) is 0 Å². The van der Waals surface area contributed by atoms with E-state index in [9.17, 15) is 4.79 Å². The van der Waals surface area contributed by atoms with Crippen molar-refractivity contribution in [2.45, 2.75) is 97.3 Å². The second-order valence-electron chi connectivity index (χ2n) is 6.19. The number of hydrogen-bond acceptors (Lipinski definition) is 2. The summed E-state index contributed by atoms with van der Waals surface area (Å²) in [6.07, 6.45) is 16.7. The van der Waals surface area contributed by atoms with Gasteiger partial charge >= 0.3 is 5.97 Å². The molecule has 0 bridgehead atoms. The van der Waals surface area contributed by atoms with E-state index in [0.717, 1.165) is 6.42 Å². The van der Waals surface area contributed by atoms with Gasteiger partial charge in [0.1, 0.15) is 0 Å². The molecule has 2 heteroatoms. The van der Waals surface area contributed by atoms with E-state index >= 15 is 0 Å². The molecule has 0 saturated carbocycles. The molecule has 0 aliphatic carbocycles. The monoisotopic (exact) mass is 284 g/mol. The van der Waals surface area contributed by atoms with E-state index < -0.39 is 0 Å². The van der Waals surface area contributed by atoms with Crippen LogP contribution < -0.4 is 0 Å². The van der Waals surface area contributed by atoms with Gasteiger partial charge in [-0.3, -0.25) is 4.79 Å². The number of carbonyl (C=O) groups is 1. The molecule has 0 aliphatic rings. The van der Waals surface area contributed by atoms with Crippen molar-refractivity contribution in [3.63, 3.8) is 0 Å². The lowest BCUT2D eigenvalue weighted by molar-refractivity contribution is -0.140. The summed E-state index contributed by atoms with van der Waals surface area (Å²) >= 11 is 0. The van der Waals surface area contributed by atoms with Crippen LogP contribution >= 0.6 is 0 Å². The number of hydrogen-bond donors (Lipinski definition) is 0. The van der Waals surface area contributed by atoms with Gasteiger partial charge < -0.3 is 4.74 Å². The minimum atomic E-state index is -0.0695. The lowest BCUT2D eigenvalue weighted by atomic mass is 9.97. The van der Waals surface area contributed by atoms with Gasteiger partial charge in [0.25, 0.3) is 0 Å².